The summed E-state index contributed by atoms with van der Waals surface area (Å²) in [7, 11) is 0. The summed E-state index contributed by atoms with van der Waals surface area (Å²) in [5.41, 5.74) is 1.92. The number of halogens is 2. The van der Waals surface area contributed by atoms with Crippen LogP contribution >= 0.6 is 11.3 Å². The fraction of sp³-hybridized carbons (Fsp3) is 0.280. The molecule has 1 saturated heterocycles. The number of rotatable bonds is 6. The maximum Gasteiger partial charge on any atom is 0.350 e. The monoisotopic (exact) mass is 492 g/mol. The zero-order valence-corrected chi connectivity index (χ0v) is 20.0. The average Bonchev–Trinajstić information content (AvgIpc) is 3.38. The number of anilines is 1. The molecule has 35 heavy (non-hydrogen) atoms. The summed E-state index contributed by atoms with van der Waals surface area (Å²) in [6.07, 6.45) is 1.97. The molecule has 0 radical (unpaired) electrons. The van der Waals surface area contributed by atoms with Gasteiger partial charge in [0.15, 0.2) is 5.13 Å². The van der Waals surface area contributed by atoms with Gasteiger partial charge in [0, 0.05) is 29.4 Å². The van der Waals surface area contributed by atoms with Crippen molar-refractivity contribution in [3.8, 4) is 11.8 Å². The molecular weight excluding hydrogens is 470 g/mol. The first-order valence-corrected chi connectivity index (χ1v) is 12.0. The Hall–Kier alpha value is -3.84. The van der Waals surface area contributed by atoms with E-state index in [1.807, 2.05) is 26.0 Å². The Morgan fingerprint density at radius 1 is 1.17 bits per heavy atom. The summed E-state index contributed by atoms with van der Waals surface area (Å²) in [5, 5.41) is 14.2. The van der Waals surface area contributed by atoms with Gasteiger partial charge in [-0.2, -0.15) is 15.0 Å². The van der Waals surface area contributed by atoms with Crippen molar-refractivity contribution >= 4 is 16.5 Å². The molecule has 178 valence electrons. The lowest BCUT2D eigenvalue weighted by Gasteiger charge is -2.42. The van der Waals surface area contributed by atoms with Crippen molar-refractivity contribution in [1.82, 2.24) is 19.3 Å². The van der Waals surface area contributed by atoms with Crippen molar-refractivity contribution in [3.63, 3.8) is 0 Å². The molecule has 1 fully saturated rings. The Bertz CT molecular complexity index is 1460. The number of thiazole rings is 1. The highest BCUT2D eigenvalue weighted by atomic mass is 32.1. The molecule has 7 nitrogen and oxygen atoms in total. The summed E-state index contributed by atoms with van der Waals surface area (Å²) < 4.78 is 30.3. The van der Waals surface area contributed by atoms with Gasteiger partial charge in [0.25, 0.3) is 0 Å². The topological polar surface area (TPSA) is 79.7 Å². The highest BCUT2D eigenvalue weighted by Crippen LogP contribution is 2.35. The van der Waals surface area contributed by atoms with Crippen LogP contribution in [-0.2, 0) is 13.0 Å². The van der Waals surface area contributed by atoms with Crippen LogP contribution in [0.2, 0.25) is 0 Å². The smallest absolute Gasteiger partial charge is 0.343 e. The number of hydrogen-bond donors (Lipinski definition) is 0. The molecule has 1 aliphatic rings. The van der Waals surface area contributed by atoms with Crippen LogP contribution in [0.5, 0.6) is 0 Å². The van der Waals surface area contributed by atoms with Crippen molar-refractivity contribution in [2.75, 3.05) is 11.4 Å². The standard InChI is InChI=1S/C25H22F2N6OS/c1-15-23(35-24(30-15)32-12-18(11-28)16(32)2)10-17-6-8-19(9-7-17)33-25(34)31(14-29-33)13-20-21(26)4-3-5-22(20)27/h3-9,14,16,18H,10,12-13H2,1-2H3/t16-,18-/m0/s1. The van der Waals surface area contributed by atoms with Crippen LogP contribution in [0.4, 0.5) is 13.9 Å². The second-order valence-corrected chi connectivity index (χ2v) is 9.69. The SMILES string of the molecule is Cc1nc(N2C[C@H](C#N)[C@@H]2C)sc1Cc1ccc(-n2ncn(Cc3c(F)cccc3F)c2=O)cc1. The fourth-order valence-corrected chi connectivity index (χ4v) is 5.32. The molecular formula is C25H22F2N6OS. The van der Waals surface area contributed by atoms with Gasteiger partial charge in [0.05, 0.1) is 29.9 Å². The Morgan fingerprint density at radius 3 is 2.54 bits per heavy atom. The van der Waals surface area contributed by atoms with Crippen LogP contribution in [-0.4, -0.2) is 31.9 Å². The number of aromatic nitrogens is 4. The second kappa shape index (κ2) is 9.07. The fourth-order valence-electron chi connectivity index (χ4n) is 4.12. The minimum absolute atomic E-state index is 0.0489. The molecule has 4 aromatic rings. The van der Waals surface area contributed by atoms with Gasteiger partial charge in [-0.3, -0.25) is 4.57 Å². The zero-order valence-electron chi connectivity index (χ0n) is 19.2. The quantitative estimate of drug-likeness (QED) is 0.406. The van der Waals surface area contributed by atoms with Crippen LogP contribution in [0.15, 0.2) is 53.6 Å². The van der Waals surface area contributed by atoms with Crippen LogP contribution in [0.1, 0.15) is 28.6 Å². The van der Waals surface area contributed by atoms with Crippen LogP contribution in [0.25, 0.3) is 5.69 Å². The highest BCUT2D eigenvalue weighted by molar-refractivity contribution is 7.15. The predicted octanol–water partition coefficient (Wildman–Crippen LogP) is 4.06. The van der Waals surface area contributed by atoms with Crippen molar-refractivity contribution < 1.29 is 8.78 Å². The van der Waals surface area contributed by atoms with Gasteiger partial charge >= 0.3 is 5.69 Å². The van der Waals surface area contributed by atoms with Crippen LogP contribution in [0.3, 0.4) is 0 Å². The van der Waals surface area contributed by atoms with Gasteiger partial charge in [-0.25, -0.2) is 18.6 Å². The van der Waals surface area contributed by atoms with E-state index in [2.05, 4.69) is 16.1 Å². The average molecular weight is 493 g/mol. The molecule has 2 aromatic heterocycles. The van der Waals surface area contributed by atoms with Gasteiger partial charge in [0.2, 0.25) is 0 Å². The minimum atomic E-state index is -0.705. The molecule has 3 heterocycles. The van der Waals surface area contributed by atoms with Gasteiger partial charge in [-0.15, -0.1) is 11.3 Å². The van der Waals surface area contributed by atoms with Crippen molar-refractivity contribution in [1.29, 1.82) is 5.26 Å². The largest absolute Gasteiger partial charge is 0.350 e. The molecule has 0 spiro atoms. The molecule has 2 aromatic carbocycles. The first kappa shape index (κ1) is 22.9. The minimum Gasteiger partial charge on any atom is -0.343 e. The number of aryl methyl sites for hydroxylation is 1. The van der Waals surface area contributed by atoms with Crippen molar-refractivity contribution in [2.45, 2.75) is 32.9 Å². The third-order valence-electron chi connectivity index (χ3n) is 6.43. The number of nitrogens with zero attached hydrogens (tertiary/aromatic N) is 6. The van der Waals surface area contributed by atoms with Crippen molar-refractivity contribution in [2.24, 2.45) is 5.92 Å². The van der Waals surface area contributed by atoms with Crippen LogP contribution < -0.4 is 10.6 Å². The molecule has 0 N–H and O–H groups in total. The molecule has 0 bridgehead atoms. The van der Waals surface area contributed by atoms with E-state index in [0.29, 0.717) is 18.7 Å². The third kappa shape index (κ3) is 4.23. The number of benzene rings is 2. The Morgan fingerprint density at radius 2 is 1.89 bits per heavy atom. The Balaban J connectivity index is 1.31. The summed E-state index contributed by atoms with van der Waals surface area (Å²) in [6, 6.07) is 13.5. The van der Waals surface area contributed by atoms with E-state index in [9.17, 15) is 13.6 Å². The van der Waals surface area contributed by atoms with Crippen LogP contribution in [0, 0.1) is 35.8 Å². The Kier molecular flexibility index (Phi) is 5.94. The van der Waals surface area contributed by atoms with Gasteiger partial charge < -0.3 is 4.90 Å². The molecule has 5 rings (SSSR count). The lowest BCUT2D eigenvalue weighted by molar-refractivity contribution is 0.386. The summed E-state index contributed by atoms with van der Waals surface area (Å²) in [4.78, 5) is 20.8. The van der Waals surface area contributed by atoms with E-state index in [1.54, 1.807) is 23.5 Å². The lowest BCUT2D eigenvalue weighted by Crippen LogP contribution is -2.54. The first-order chi connectivity index (χ1) is 16.9. The molecule has 10 heteroatoms. The summed E-state index contributed by atoms with van der Waals surface area (Å²) in [5.74, 6) is -1.36. The van der Waals surface area contributed by atoms with E-state index < -0.39 is 17.3 Å². The second-order valence-electron chi connectivity index (χ2n) is 8.63. The number of nitriles is 1. The van der Waals surface area contributed by atoms with E-state index in [1.165, 1.54) is 21.6 Å². The first-order valence-electron chi connectivity index (χ1n) is 11.1. The van der Waals surface area contributed by atoms with E-state index >= 15 is 0 Å². The third-order valence-corrected chi connectivity index (χ3v) is 7.62. The van der Waals surface area contributed by atoms with E-state index in [-0.39, 0.29) is 24.1 Å². The Labute approximate surface area is 204 Å². The van der Waals surface area contributed by atoms with Crippen molar-refractivity contribution in [3.05, 3.63) is 92.6 Å². The highest BCUT2D eigenvalue weighted by Gasteiger charge is 2.37. The normalized spacial score (nSPS) is 17.3. The van der Waals surface area contributed by atoms with E-state index in [4.69, 9.17) is 10.2 Å². The summed E-state index contributed by atoms with van der Waals surface area (Å²) in [6.45, 7) is 4.50. The summed E-state index contributed by atoms with van der Waals surface area (Å²) >= 11 is 1.64. The van der Waals surface area contributed by atoms with Gasteiger partial charge in [-0.05, 0) is 43.7 Å². The maximum atomic E-state index is 14.0. The molecule has 0 saturated carbocycles. The van der Waals surface area contributed by atoms with Gasteiger partial charge in [-0.1, -0.05) is 18.2 Å². The molecule has 0 aliphatic carbocycles. The molecule has 2 atom stereocenters. The molecule has 0 unspecified atom stereocenters. The van der Waals surface area contributed by atoms with Gasteiger partial charge in [0.1, 0.15) is 18.0 Å². The number of hydrogen-bond acceptors (Lipinski definition) is 6. The lowest BCUT2D eigenvalue weighted by atomic mass is 9.92. The molecule has 1 aliphatic heterocycles. The predicted molar refractivity (Wildman–Crippen MR) is 129 cm³/mol. The zero-order chi connectivity index (χ0) is 24.7. The van der Waals surface area contributed by atoms with E-state index in [0.717, 1.165) is 33.4 Å². The molecule has 0 amide bonds. The maximum absolute atomic E-state index is 14.0.